The summed E-state index contributed by atoms with van der Waals surface area (Å²) in [5, 5.41) is 12.7. The SMILES string of the molecule is COc1cc(C/C(C#N)=C/Nc2ccccc2)cc2c1OC(C)(C)C=C2C. The molecule has 2 aromatic rings. The summed E-state index contributed by atoms with van der Waals surface area (Å²) in [4.78, 5) is 0. The first-order chi connectivity index (χ1) is 12.9. The van der Waals surface area contributed by atoms with Crippen molar-refractivity contribution in [2.75, 3.05) is 12.4 Å². The summed E-state index contributed by atoms with van der Waals surface area (Å²) in [5.74, 6) is 1.45. The van der Waals surface area contributed by atoms with Crippen LogP contribution in [0.15, 0.2) is 60.3 Å². The largest absolute Gasteiger partial charge is 0.493 e. The Hall–Kier alpha value is -3.19. The summed E-state index contributed by atoms with van der Waals surface area (Å²) in [7, 11) is 1.64. The zero-order valence-electron chi connectivity index (χ0n) is 16.2. The predicted octanol–water partition coefficient (Wildman–Crippen LogP) is 5.33. The highest BCUT2D eigenvalue weighted by Gasteiger charge is 2.28. The Bertz CT molecular complexity index is 935. The predicted molar refractivity (Wildman–Crippen MR) is 109 cm³/mol. The summed E-state index contributed by atoms with van der Waals surface area (Å²) in [6, 6.07) is 16.1. The van der Waals surface area contributed by atoms with E-state index in [2.05, 4.69) is 30.5 Å². The van der Waals surface area contributed by atoms with Gasteiger partial charge in [-0.3, -0.25) is 0 Å². The van der Waals surface area contributed by atoms with Gasteiger partial charge in [0.2, 0.25) is 0 Å². The van der Waals surface area contributed by atoms with Crippen LogP contribution in [0.3, 0.4) is 0 Å². The summed E-state index contributed by atoms with van der Waals surface area (Å²) in [5.41, 5.74) is 4.37. The molecule has 2 aromatic carbocycles. The lowest BCUT2D eigenvalue weighted by molar-refractivity contribution is 0.151. The van der Waals surface area contributed by atoms with Crippen LogP contribution in [0, 0.1) is 11.3 Å². The van der Waals surface area contributed by atoms with Crippen LogP contribution in [0.1, 0.15) is 31.9 Å². The van der Waals surface area contributed by atoms with Gasteiger partial charge in [0.15, 0.2) is 11.5 Å². The van der Waals surface area contributed by atoms with Gasteiger partial charge in [-0.2, -0.15) is 5.26 Å². The third-order valence-electron chi connectivity index (χ3n) is 4.41. The van der Waals surface area contributed by atoms with E-state index in [9.17, 15) is 5.26 Å². The van der Waals surface area contributed by atoms with Gasteiger partial charge < -0.3 is 14.8 Å². The van der Waals surface area contributed by atoms with E-state index in [1.807, 2.05) is 50.2 Å². The number of nitrogens with zero attached hydrogens (tertiary/aromatic N) is 1. The molecular weight excluding hydrogens is 336 g/mol. The fraction of sp³-hybridized carbons (Fsp3) is 0.261. The van der Waals surface area contributed by atoms with Gasteiger partial charge in [0.25, 0.3) is 0 Å². The lowest BCUT2D eigenvalue weighted by Crippen LogP contribution is -2.29. The molecule has 1 heterocycles. The first-order valence-corrected chi connectivity index (χ1v) is 8.92. The van der Waals surface area contributed by atoms with Crippen molar-refractivity contribution in [1.82, 2.24) is 0 Å². The number of anilines is 1. The van der Waals surface area contributed by atoms with E-state index in [-0.39, 0.29) is 5.60 Å². The number of nitriles is 1. The van der Waals surface area contributed by atoms with Crippen LogP contribution in [0.4, 0.5) is 5.69 Å². The highest BCUT2D eigenvalue weighted by molar-refractivity contribution is 5.75. The van der Waals surface area contributed by atoms with Crippen molar-refractivity contribution in [3.63, 3.8) is 0 Å². The van der Waals surface area contributed by atoms with Crippen molar-refractivity contribution in [3.8, 4) is 17.6 Å². The van der Waals surface area contributed by atoms with E-state index in [4.69, 9.17) is 9.47 Å². The monoisotopic (exact) mass is 360 g/mol. The second kappa shape index (κ2) is 7.59. The Morgan fingerprint density at radius 2 is 2.00 bits per heavy atom. The molecule has 0 amide bonds. The van der Waals surface area contributed by atoms with E-state index in [1.165, 1.54) is 0 Å². The molecule has 3 rings (SSSR count). The van der Waals surface area contributed by atoms with E-state index in [0.29, 0.717) is 17.7 Å². The molecule has 0 aliphatic carbocycles. The quantitative estimate of drug-likeness (QED) is 0.732. The Morgan fingerprint density at radius 1 is 1.26 bits per heavy atom. The lowest BCUT2D eigenvalue weighted by Gasteiger charge is -2.31. The highest BCUT2D eigenvalue weighted by atomic mass is 16.5. The third-order valence-corrected chi connectivity index (χ3v) is 4.41. The number of methoxy groups -OCH3 is 1. The van der Waals surface area contributed by atoms with Gasteiger partial charge in [-0.15, -0.1) is 0 Å². The molecule has 0 saturated carbocycles. The van der Waals surface area contributed by atoms with Gasteiger partial charge in [0, 0.05) is 29.4 Å². The molecule has 0 radical (unpaired) electrons. The maximum Gasteiger partial charge on any atom is 0.169 e. The standard InChI is InChI=1S/C23H24N2O2/c1-16-13-23(2,3)27-22-20(16)11-17(12-21(22)26-4)10-18(14-24)15-25-19-8-6-5-7-9-19/h5-9,11-13,15,25H,10H2,1-4H3/b18-15-. The number of nitrogens with one attached hydrogen (secondary N) is 1. The Balaban J connectivity index is 1.89. The zero-order chi connectivity index (χ0) is 19.4. The average Bonchev–Trinajstić information content (AvgIpc) is 2.65. The fourth-order valence-electron chi connectivity index (χ4n) is 3.25. The molecule has 1 N–H and O–H groups in total. The maximum absolute atomic E-state index is 9.53. The van der Waals surface area contributed by atoms with Crippen LogP contribution >= 0.6 is 0 Å². The minimum absolute atomic E-state index is 0.372. The molecule has 4 nitrogen and oxygen atoms in total. The van der Waals surface area contributed by atoms with Crippen molar-refractivity contribution in [2.24, 2.45) is 0 Å². The van der Waals surface area contributed by atoms with E-state index in [1.54, 1.807) is 13.3 Å². The summed E-state index contributed by atoms with van der Waals surface area (Å²) >= 11 is 0. The van der Waals surface area contributed by atoms with Gasteiger partial charge in [0.1, 0.15) is 5.60 Å². The first kappa shape index (κ1) is 18.6. The first-order valence-electron chi connectivity index (χ1n) is 8.92. The van der Waals surface area contributed by atoms with Gasteiger partial charge in [-0.25, -0.2) is 0 Å². The van der Waals surface area contributed by atoms with Crippen molar-refractivity contribution in [1.29, 1.82) is 5.26 Å². The van der Waals surface area contributed by atoms with Crippen LogP contribution in [0.25, 0.3) is 5.57 Å². The summed E-state index contributed by atoms with van der Waals surface area (Å²) in [6.07, 6.45) is 4.37. The van der Waals surface area contributed by atoms with Crippen molar-refractivity contribution < 1.29 is 9.47 Å². The van der Waals surface area contributed by atoms with Crippen molar-refractivity contribution in [3.05, 3.63) is 71.4 Å². The smallest absolute Gasteiger partial charge is 0.169 e. The minimum atomic E-state index is -0.372. The van der Waals surface area contributed by atoms with Crippen LogP contribution in [0.2, 0.25) is 0 Å². The number of fused-ring (bicyclic) bond motifs is 1. The molecule has 138 valence electrons. The molecule has 0 saturated heterocycles. The third kappa shape index (κ3) is 4.32. The Morgan fingerprint density at radius 3 is 2.67 bits per heavy atom. The molecule has 0 fully saturated rings. The lowest BCUT2D eigenvalue weighted by atomic mass is 9.93. The van der Waals surface area contributed by atoms with Crippen molar-refractivity contribution >= 4 is 11.3 Å². The van der Waals surface area contributed by atoms with Gasteiger partial charge in [-0.05, 0) is 62.2 Å². The van der Waals surface area contributed by atoms with Crippen LogP contribution in [0.5, 0.6) is 11.5 Å². The average molecular weight is 360 g/mol. The maximum atomic E-state index is 9.53. The second-order valence-electron chi connectivity index (χ2n) is 7.18. The van der Waals surface area contributed by atoms with Crippen molar-refractivity contribution in [2.45, 2.75) is 32.8 Å². The molecule has 0 bridgehead atoms. The molecular formula is C23H24N2O2. The van der Waals surface area contributed by atoms with Crippen LogP contribution < -0.4 is 14.8 Å². The van der Waals surface area contributed by atoms with Gasteiger partial charge in [0.05, 0.1) is 13.2 Å². The second-order valence-corrected chi connectivity index (χ2v) is 7.18. The Kier molecular flexibility index (Phi) is 5.23. The van der Waals surface area contributed by atoms with Gasteiger partial charge >= 0.3 is 0 Å². The Labute approximate surface area is 160 Å². The number of hydrogen-bond acceptors (Lipinski definition) is 4. The topological polar surface area (TPSA) is 54.3 Å². The zero-order valence-corrected chi connectivity index (χ0v) is 16.2. The minimum Gasteiger partial charge on any atom is -0.493 e. The molecule has 1 aliphatic heterocycles. The molecule has 0 unspecified atom stereocenters. The number of allylic oxidation sites excluding steroid dienone is 2. The number of hydrogen-bond donors (Lipinski definition) is 1. The summed E-state index contributed by atoms with van der Waals surface area (Å²) in [6.45, 7) is 6.13. The highest BCUT2D eigenvalue weighted by Crippen LogP contribution is 2.43. The van der Waals surface area contributed by atoms with Gasteiger partial charge in [-0.1, -0.05) is 18.2 Å². The van der Waals surface area contributed by atoms with Crippen LogP contribution in [-0.2, 0) is 6.42 Å². The molecule has 0 spiro atoms. The fourth-order valence-corrected chi connectivity index (χ4v) is 3.25. The molecule has 0 atom stereocenters. The molecule has 1 aliphatic rings. The number of benzene rings is 2. The number of ether oxygens (including phenoxy) is 2. The van der Waals surface area contributed by atoms with E-state index >= 15 is 0 Å². The number of rotatable bonds is 5. The molecule has 27 heavy (non-hydrogen) atoms. The van der Waals surface area contributed by atoms with Crippen LogP contribution in [-0.4, -0.2) is 12.7 Å². The normalized spacial score (nSPS) is 15.1. The molecule has 4 heteroatoms. The van der Waals surface area contributed by atoms with E-state index in [0.717, 1.165) is 28.1 Å². The molecule has 0 aromatic heterocycles. The van der Waals surface area contributed by atoms with E-state index < -0.39 is 0 Å². The summed E-state index contributed by atoms with van der Waals surface area (Å²) < 4.78 is 11.7. The number of para-hydroxylation sites is 1.